The number of ether oxygens (including phenoxy) is 1. The van der Waals surface area contributed by atoms with Gasteiger partial charge in [0.05, 0.1) is 29.8 Å². The Morgan fingerprint density at radius 2 is 1.80 bits per heavy atom. The maximum Gasteiger partial charge on any atom is 0.417 e. The zero-order chi connectivity index (χ0) is 28.3. The number of hydrogen-bond donors (Lipinski definition) is 1. The van der Waals surface area contributed by atoms with E-state index < -0.39 is 17.3 Å². The predicted molar refractivity (Wildman–Crippen MR) is 139 cm³/mol. The van der Waals surface area contributed by atoms with E-state index in [9.17, 15) is 18.0 Å². The molecule has 17 heteroatoms. The van der Waals surface area contributed by atoms with E-state index in [2.05, 4.69) is 30.5 Å². The third-order valence-corrected chi connectivity index (χ3v) is 6.58. The molecule has 6 heterocycles. The standard InChI is InChI=1S/C23H15Cl2F3N10O2/c1-35-10-12(6-31-35)37-9-11(23(26,27)28)5-13(21(37)39)33-22-34-20-18(36(22)2)16(24)14(7-30-20)40-15-8-32-38-4-3-29-19(25)17(15)38/h3-10H,1-2H3,(H,30,33,34). The van der Waals surface area contributed by atoms with E-state index in [1.807, 2.05) is 0 Å². The molecule has 12 nitrogen and oxygen atoms in total. The number of nitrogens with one attached hydrogen (secondary N) is 1. The maximum atomic E-state index is 13.7. The SMILES string of the molecule is Cn1cc(-n2cc(C(F)(F)F)cc(Nc3nc4ncc(Oc5cnn6ccnc(Cl)c56)c(Cl)c4n3C)c2=O)cn1. The average molecular weight is 591 g/mol. The number of aryl methyl sites for hydroxylation is 2. The fraction of sp³-hybridized carbons (Fsp3) is 0.130. The molecule has 0 unspecified atom stereocenters. The summed E-state index contributed by atoms with van der Waals surface area (Å²) in [6.45, 7) is 0. The molecule has 6 aromatic heterocycles. The summed E-state index contributed by atoms with van der Waals surface area (Å²) in [7, 11) is 3.13. The summed E-state index contributed by atoms with van der Waals surface area (Å²) in [6.07, 6.45) is 4.50. The molecule has 0 atom stereocenters. The lowest BCUT2D eigenvalue weighted by Gasteiger charge is -2.14. The number of nitrogens with zero attached hydrogens (tertiary/aromatic N) is 9. The Balaban J connectivity index is 1.41. The molecule has 0 fully saturated rings. The second kappa shape index (κ2) is 9.24. The molecule has 0 radical (unpaired) electrons. The Labute approximate surface area is 231 Å². The highest BCUT2D eigenvalue weighted by Crippen LogP contribution is 2.38. The zero-order valence-electron chi connectivity index (χ0n) is 20.4. The minimum absolute atomic E-state index is 0.0129. The van der Waals surface area contributed by atoms with Gasteiger partial charge in [-0.15, -0.1) is 0 Å². The molecule has 0 saturated carbocycles. The number of imidazole rings is 1. The van der Waals surface area contributed by atoms with Gasteiger partial charge in [0.25, 0.3) is 5.56 Å². The van der Waals surface area contributed by atoms with E-state index in [4.69, 9.17) is 27.9 Å². The van der Waals surface area contributed by atoms with E-state index >= 15 is 0 Å². The smallest absolute Gasteiger partial charge is 0.417 e. The van der Waals surface area contributed by atoms with Crippen molar-refractivity contribution < 1.29 is 17.9 Å². The molecule has 6 aromatic rings. The van der Waals surface area contributed by atoms with Gasteiger partial charge in [-0.25, -0.2) is 14.5 Å². The Bertz CT molecular complexity index is 1990. The highest BCUT2D eigenvalue weighted by atomic mass is 35.5. The van der Waals surface area contributed by atoms with Crippen molar-refractivity contribution in [3.63, 3.8) is 0 Å². The lowest BCUT2D eigenvalue weighted by atomic mass is 10.2. The molecule has 0 aliphatic heterocycles. The van der Waals surface area contributed by atoms with Crippen molar-refractivity contribution in [2.45, 2.75) is 6.18 Å². The lowest BCUT2D eigenvalue weighted by molar-refractivity contribution is -0.137. The molecular weight excluding hydrogens is 576 g/mol. The topological polar surface area (TPSA) is 122 Å². The molecule has 0 bridgehead atoms. The fourth-order valence-electron chi connectivity index (χ4n) is 4.04. The molecule has 0 amide bonds. The normalized spacial score (nSPS) is 12.0. The van der Waals surface area contributed by atoms with Crippen LogP contribution in [0.2, 0.25) is 10.2 Å². The monoisotopic (exact) mass is 590 g/mol. The van der Waals surface area contributed by atoms with E-state index in [-0.39, 0.29) is 44.6 Å². The zero-order valence-corrected chi connectivity index (χ0v) is 21.9. The van der Waals surface area contributed by atoms with E-state index in [1.165, 1.54) is 44.7 Å². The maximum absolute atomic E-state index is 13.7. The van der Waals surface area contributed by atoms with Gasteiger partial charge in [0, 0.05) is 38.9 Å². The van der Waals surface area contributed by atoms with E-state index in [1.54, 1.807) is 20.3 Å². The molecular formula is C23H15Cl2F3N10O2. The number of aromatic nitrogens is 9. The summed E-state index contributed by atoms with van der Waals surface area (Å²) in [5, 5.41) is 11.0. The van der Waals surface area contributed by atoms with Crippen molar-refractivity contribution in [2.24, 2.45) is 14.1 Å². The van der Waals surface area contributed by atoms with Gasteiger partial charge in [-0.1, -0.05) is 23.2 Å². The van der Waals surface area contributed by atoms with Crippen LogP contribution in [-0.2, 0) is 20.3 Å². The van der Waals surface area contributed by atoms with Crippen molar-refractivity contribution in [1.29, 1.82) is 0 Å². The van der Waals surface area contributed by atoms with Crippen LogP contribution in [0.5, 0.6) is 11.5 Å². The third-order valence-electron chi connectivity index (χ3n) is 5.94. The van der Waals surface area contributed by atoms with Gasteiger partial charge in [0.1, 0.15) is 21.7 Å². The van der Waals surface area contributed by atoms with Crippen molar-refractivity contribution in [3.8, 4) is 17.2 Å². The van der Waals surface area contributed by atoms with Gasteiger partial charge in [-0.05, 0) is 6.07 Å². The van der Waals surface area contributed by atoms with Crippen LogP contribution in [0.1, 0.15) is 5.56 Å². The number of pyridine rings is 2. The van der Waals surface area contributed by atoms with Gasteiger partial charge in [0.2, 0.25) is 5.95 Å². The van der Waals surface area contributed by atoms with Crippen LogP contribution < -0.4 is 15.6 Å². The molecule has 0 aliphatic rings. The summed E-state index contributed by atoms with van der Waals surface area (Å²) in [5.41, 5.74) is -1.18. The first-order chi connectivity index (χ1) is 19.0. The minimum atomic E-state index is -4.73. The van der Waals surface area contributed by atoms with Gasteiger partial charge in [-0.2, -0.15) is 28.4 Å². The number of rotatable bonds is 5. The van der Waals surface area contributed by atoms with Crippen LogP contribution in [0.15, 0.2) is 54.2 Å². The van der Waals surface area contributed by atoms with Gasteiger partial charge in [-0.3, -0.25) is 14.0 Å². The summed E-state index contributed by atoms with van der Waals surface area (Å²) >= 11 is 12.8. The third kappa shape index (κ3) is 4.28. The van der Waals surface area contributed by atoms with Crippen molar-refractivity contribution in [3.05, 3.63) is 75.5 Å². The number of hydrogen-bond acceptors (Lipinski definition) is 8. The molecule has 40 heavy (non-hydrogen) atoms. The van der Waals surface area contributed by atoms with E-state index in [0.717, 1.165) is 4.57 Å². The first-order valence-electron chi connectivity index (χ1n) is 11.3. The summed E-state index contributed by atoms with van der Waals surface area (Å²) < 4.78 is 52.2. The second-order valence-corrected chi connectivity index (χ2v) is 9.27. The largest absolute Gasteiger partial charge is 0.450 e. The number of fused-ring (bicyclic) bond motifs is 2. The average Bonchev–Trinajstić information content (AvgIpc) is 3.60. The first-order valence-corrected chi connectivity index (χ1v) is 12.0. The number of halogens is 5. The van der Waals surface area contributed by atoms with Crippen molar-refractivity contribution >= 4 is 51.5 Å². The molecule has 6 rings (SSSR count). The highest BCUT2D eigenvalue weighted by molar-refractivity contribution is 6.36. The van der Waals surface area contributed by atoms with Crippen LogP contribution in [-0.4, -0.2) is 43.5 Å². The quantitative estimate of drug-likeness (QED) is 0.305. The Morgan fingerprint density at radius 3 is 2.52 bits per heavy atom. The fourth-order valence-corrected chi connectivity index (χ4v) is 4.57. The Morgan fingerprint density at radius 1 is 1.00 bits per heavy atom. The Hall–Kier alpha value is -4.63. The van der Waals surface area contributed by atoms with Crippen molar-refractivity contribution in [1.82, 2.24) is 43.5 Å². The molecule has 1 N–H and O–H groups in total. The lowest BCUT2D eigenvalue weighted by Crippen LogP contribution is -2.24. The summed E-state index contributed by atoms with van der Waals surface area (Å²) in [6, 6.07) is 0.709. The molecule has 0 aromatic carbocycles. The predicted octanol–water partition coefficient (Wildman–Crippen LogP) is 4.76. The Kier molecular flexibility index (Phi) is 5.92. The molecule has 0 aliphatic carbocycles. The van der Waals surface area contributed by atoms with Gasteiger partial charge in [0.15, 0.2) is 22.3 Å². The van der Waals surface area contributed by atoms with Crippen LogP contribution >= 0.6 is 23.2 Å². The minimum Gasteiger partial charge on any atom is -0.450 e. The molecule has 204 valence electrons. The van der Waals surface area contributed by atoms with E-state index in [0.29, 0.717) is 23.3 Å². The van der Waals surface area contributed by atoms with Crippen LogP contribution in [0.25, 0.3) is 22.4 Å². The number of alkyl halides is 3. The molecule has 0 spiro atoms. The van der Waals surface area contributed by atoms with Crippen LogP contribution in [0, 0.1) is 0 Å². The second-order valence-electron chi connectivity index (χ2n) is 8.54. The van der Waals surface area contributed by atoms with Gasteiger partial charge >= 0.3 is 6.18 Å². The summed E-state index contributed by atoms with van der Waals surface area (Å²) in [4.78, 5) is 25.8. The molecule has 0 saturated heterocycles. The first kappa shape index (κ1) is 25.6. The van der Waals surface area contributed by atoms with Crippen molar-refractivity contribution in [2.75, 3.05) is 5.32 Å². The van der Waals surface area contributed by atoms with Crippen LogP contribution in [0.4, 0.5) is 24.8 Å². The summed E-state index contributed by atoms with van der Waals surface area (Å²) in [5.74, 6) is 0.414. The van der Waals surface area contributed by atoms with Crippen LogP contribution in [0.3, 0.4) is 0 Å². The number of anilines is 2. The highest BCUT2D eigenvalue weighted by Gasteiger charge is 2.33. The van der Waals surface area contributed by atoms with Gasteiger partial charge < -0.3 is 14.6 Å².